The minimum atomic E-state index is -3.87. The second-order valence-electron chi connectivity index (χ2n) is 5.34. The van der Waals surface area contributed by atoms with Crippen LogP contribution in [0, 0.1) is 11.2 Å². The van der Waals surface area contributed by atoms with Gasteiger partial charge >= 0.3 is 0 Å². The van der Waals surface area contributed by atoms with Crippen LogP contribution < -0.4 is 5.14 Å². The average Bonchev–Trinajstić information content (AvgIpc) is 2.17. The molecule has 0 saturated heterocycles. The Labute approximate surface area is 112 Å². The quantitative estimate of drug-likeness (QED) is 0.871. The van der Waals surface area contributed by atoms with Crippen LogP contribution in [0.3, 0.4) is 0 Å². The monoisotopic (exact) mass is 293 g/mol. The Balaban J connectivity index is 3.01. The summed E-state index contributed by atoms with van der Waals surface area (Å²) in [6, 6.07) is 3.63. The third-order valence-corrected chi connectivity index (χ3v) is 4.41. The van der Waals surface area contributed by atoms with Gasteiger partial charge in [-0.3, -0.25) is 0 Å². The molecule has 0 aliphatic heterocycles. The van der Waals surface area contributed by atoms with Gasteiger partial charge in [0.2, 0.25) is 10.0 Å². The molecule has 6 heteroatoms. The van der Waals surface area contributed by atoms with Crippen molar-refractivity contribution in [1.29, 1.82) is 0 Å². The van der Waals surface area contributed by atoms with E-state index in [-0.39, 0.29) is 15.7 Å². The first-order valence-electron chi connectivity index (χ1n) is 5.47. The maximum Gasteiger partial charge on any atom is 0.238 e. The molecule has 102 valence electrons. The van der Waals surface area contributed by atoms with E-state index in [1.807, 2.05) is 20.8 Å². The van der Waals surface area contributed by atoms with Crippen LogP contribution in [-0.4, -0.2) is 13.8 Å². The van der Waals surface area contributed by atoms with Crippen molar-refractivity contribution in [2.75, 3.05) is 0 Å². The van der Waals surface area contributed by atoms with Crippen molar-refractivity contribution in [3.05, 3.63) is 29.6 Å². The van der Waals surface area contributed by atoms with Gasteiger partial charge in [0, 0.05) is 5.38 Å². The summed E-state index contributed by atoms with van der Waals surface area (Å²) in [4.78, 5) is -0.231. The van der Waals surface area contributed by atoms with Crippen molar-refractivity contribution in [3.8, 4) is 0 Å². The van der Waals surface area contributed by atoms with E-state index in [0.717, 1.165) is 6.07 Å². The van der Waals surface area contributed by atoms with Gasteiger partial charge < -0.3 is 0 Å². The summed E-state index contributed by atoms with van der Waals surface area (Å²) >= 11 is 6.18. The lowest BCUT2D eigenvalue weighted by molar-refractivity contribution is 0.383. The van der Waals surface area contributed by atoms with Gasteiger partial charge in [0.25, 0.3) is 0 Å². The number of rotatable bonds is 3. The highest BCUT2D eigenvalue weighted by Gasteiger charge is 2.24. The normalized spacial score (nSPS) is 14.6. The summed E-state index contributed by atoms with van der Waals surface area (Å²) in [5.41, 5.74) is 0.226. The number of benzene rings is 1. The van der Waals surface area contributed by atoms with Crippen LogP contribution in [0.15, 0.2) is 23.1 Å². The molecule has 1 atom stereocenters. The molecule has 0 spiro atoms. The van der Waals surface area contributed by atoms with Gasteiger partial charge in [-0.05, 0) is 29.5 Å². The van der Waals surface area contributed by atoms with Crippen LogP contribution in [0.5, 0.6) is 0 Å². The molecule has 2 N–H and O–H groups in total. The maximum atomic E-state index is 13.8. The molecule has 0 amide bonds. The summed E-state index contributed by atoms with van der Waals surface area (Å²) in [7, 11) is -3.87. The van der Waals surface area contributed by atoms with E-state index in [0.29, 0.717) is 12.0 Å². The fraction of sp³-hybridized carbons (Fsp3) is 0.500. The van der Waals surface area contributed by atoms with E-state index in [1.165, 1.54) is 12.1 Å². The minimum Gasteiger partial charge on any atom is -0.225 e. The Morgan fingerprint density at radius 1 is 1.39 bits per heavy atom. The highest BCUT2D eigenvalue weighted by molar-refractivity contribution is 7.89. The van der Waals surface area contributed by atoms with Crippen molar-refractivity contribution in [1.82, 2.24) is 0 Å². The Morgan fingerprint density at radius 2 is 1.94 bits per heavy atom. The first kappa shape index (κ1) is 15.4. The molecule has 0 radical (unpaired) electrons. The van der Waals surface area contributed by atoms with Crippen LogP contribution in [-0.2, 0) is 16.4 Å². The van der Waals surface area contributed by atoms with Gasteiger partial charge in [-0.15, -0.1) is 11.6 Å². The molecule has 0 heterocycles. The van der Waals surface area contributed by atoms with E-state index < -0.39 is 15.8 Å². The predicted molar refractivity (Wildman–Crippen MR) is 70.6 cm³/mol. The van der Waals surface area contributed by atoms with Gasteiger partial charge in [-0.1, -0.05) is 26.8 Å². The van der Waals surface area contributed by atoms with Gasteiger partial charge in [-0.25, -0.2) is 17.9 Å². The lowest BCUT2D eigenvalue weighted by Crippen LogP contribution is -2.23. The summed E-state index contributed by atoms with van der Waals surface area (Å²) in [6.07, 6.45) is 0.335. The second-order valence-corrected chi connectivity index (χ2v) is 7.42. The number of halogens is 2. The summed E-state index contributed by atoms with van der Waals surface area (Å²) in [5, 5.41) is 4.68. The fourth-order valence-corrected chi connectivity index (χ4v) is 2.06. The minimum absolute atomic E-state index is 0.160. The molecule has 0 aromatic heterocycles. The Bertz CT molecular complexity index is 537. The molecule has 0 fully saturated rings. The smallest absolute Gasteiger partial charge is 0.225 e. The number of hydrogen-bond donors (Lipinski definition) is 1. The van der Waals surface area contributed by atoms with E-state index in [1.54, 1.807) is 0 Å². The number of nitrogens with two attached hydrogens (primary N) is 1. The van der Waals surface area contributed by atoms with E-state index in [9.17, 15) is 12.8 Å². The molecule has 0 aliphatic carbocycles. The maximum absolute atomic E-state index is 13.8. The Hall–Kier alpha value is -0.650. The van der Waals surface area contributed by atoms with E-state index in [2.05, 4.69) is 0 Å². The highest BCUT2D eigenvalue weighted by atomic mass is 35.5. The standard InChI is InChI=1S/C12H17ClFNO2S/c1-12(2,3)11(13)6-8-4-5-9(7-10(8)14)18(15,16)17/h4-5,7,11H,6H2,1-3H3,(H2,15,16,17). The van der Waals surface area contributed by atoms with Crippen LogP contribution >= 0.6 is 11.6 Å². The van der Waals surface area contributed by atoms with E-state index in [4.69, 9.17) is 16.7 Å². The number of sulfonamides is 1. The van der Waals surface area contributed by atoms with Crippen molar-refractivity contribution >= 4 is 21.6 Å². The molecule has 18 heavy (non-hydrogen) atoms. The van der Waals surface area contributed by atoms with Gasteiger partial charge in [-0.2, -0.15) is 0 Å². The zero-order valence-corrected chi connectivity index (χ0v) is 12.1. The first-order valence-corrected chi connectivity index (χ1v) is 7.45. The molecule has 0 saturated carbocycles. The largest absolute Gasteiger partial charge is 0.238 e. The third-order valence-electron chi connectivity index (χ3n) is 2.69. The van der Waals surface area contributed by atoms with E-state index >= 15 is 0 Å². The summed E-state index contributed by atoms with van der Waals surface area (Å²) in [6.45, 7) is 5.88. The summed E-state index contributed by atoms with van der Waals surface area (Å²) in [5.74, 6) is -0.601. The van der Waals surface area contributed by atoms with Gasteiger partial charge in [0.05, 0.1) is 4.90 Å². The SMILES string of the molecule is CC(C)(C)C(Cl)Cc1ccc(S(N)(=O)=O)cc1F. The van der Waals surface area contributed by atoms with Crippen LogP contribution in [0.25, 0.3) is 0 Å². The molecule has 1 unspecified atom stereocenters. The van der Waals surface area contributed by atoms with Crippen LogP contribution in [0.2, 0.25) is 0 Å². The van der Waals surface area contributed by atoms with Crippen molar-refractivity contribution < 1.29 is 12.8 Å². The molecule has 3 nitrogen and oxygen atoms in total. The number of hydrogen-bond acceptors (Lipinski definition) is 2. The zero-order chi connectivity index (χ0) is 14.1. The Kier molecular flexibility index (Phi) is 4.41. The molecule has 1 aromatic rings. The van der Waals surface area contributed by atoms with Crippen LogP contribution in [0.4, 0.5) is 4.39 Å². The molecule has 1 rings (SSSR count). The molecule has 0 aliphatic rings. The summed E-state index contributed by atoms with van der Waals surface area (Å²) < 4.78 is 35.9. The fourth-order valence-electron chi connectivity index (χ4n) is 1.37. The van der Waals surface area contributed by atoms with Crippen LogP contribution in [0.1, 0.15) is 26.3 Å². The van der Waals surface area contributed by atoms with Crippen molar-refractivity contribution in [2.24, 2.45) is 10.6 Å². The average molecular weight is 294 g/mol. The molecular formula is C12H17ClFNO2S. The van der Waals surface area contributed by atoms with Gasteiger partial charge in [0.1, 0.15) is 5.82 Å². The topological polar surface area (TPSA) is 60.2 Å². The Morgan fingerprint density at radius 3 is 2.33 bits per heavy atom. The van der Waals surface area contributed by atoms with Crippen molar-refractivity contribution in [2.45, 2.75) is 37.5 Å². The lowest BCUT2D eigenvalue weighted by atomic mass is 9.88. The molecular weight excluding hydrogens is 277 g/mol. The lowest BCUT2D eigenvalue weighted by Gasteiger charge is -2.25. The number of alkyl halides is 1. The second kappa shape index (κ2) is 5.15. The molecule has 0 bridgehead atoms. The zero-order valence-electron chi connectivity index (χ0n) is 10.6. The first-order chi connectivity index (χ1) is 8.01. The number of primary sulfonamides is 1. The highest BCUT2D eigenvalue weighted by Crippen LogP contribution is 2.28. The molecule has 1 aromatic carbocycles. The predicted octanol–water partition coefficient (Wildman–Crippen LogP) is 2.67. The van der Waals surface area contributed by atoms with Crippen molar-refractivity contribution in [3.63, 3.8) is 0 Å². The van der Waals surface area contributed by atoms with Gasteiger partial charge in [0.15, 0.2) is 0 Å². The third kappa shape index (κ3) is 3.93.